The Morgan fingerprint density at radius 3 is 2.67 bits per heavy atom. The van der Waals surface area contributed by atoms with Crippen LogP contribution in [0.2, 0.25) is 5.02 Å². The van der Waals surface area contributed by atoms with E-state index in [0.717, 1.165) is 17.4 Å². The zero-order chi connectivity index (χ0) is 15.2. The number of hydrogen-bond acceptors (Lipinski definition) is 1. The van der Waals surface area contributed by atoms with Gasteiger partial charge >= 0.3 is 0 Å². The topological polar surface area (TPSA) is 12.0 Å². The van der Waals surface area contributed by atoms with Gasteiger partial charge in [-0.05, 0) is 48.7 Å². The average molecular weight is 371 g/mol. The van der Waals surface area contributed by atoms with Crippen LogP contribution in [0.3, 0.4) is 0 Å². The average Bonchev–Trinajstić information content (AvgIpc) is 2.44. The van der Waals surface area contributed by atoms with E-state index in [1.807, 2.05) is 12.1 Å². The molecule has 0 aliphatic carbocycles. The molecule has 0 bridgehead atoms. The van der Waals surface area contributed by atoms with Crippen molar-refractivity contribution in [3.8, 4) is 0 Å². The summed E-state index contributed by atoms with van der Waals surface area (Å²) in [7, 11) is 0. The van der Waals surface area contributed by atoms with Crippen LogP contribution in [0.25, 0.3) is 0 Å². The Morgan fingerprint density at radius 2 is 1.95 bits per heavy atom. The smallest absolute Gasteiger partial charge is 0.145 e. The molecule has 112 valence electrons. The summed E-state index contributed by atoms with van der Waals surface area (Å²) in [5, 5.41) is 3.61. The number of rotatable bonds is 6. The Bertz CT molecular complexity index is 603. The molecule has 1 N–H and O–H groups in total. The molecule has 0 amide bonds. The third-order valence-electron chi connectivity index (χ3n) is 3.36. The minimum absolute atomic E-state index is 0.178. The van der Waals surface area contributed by atoms with Crippen molar-refractivity contribution in [2.45, 2.75) is 25.8 Å². The van der Waals surface area contributed by atoms with Gasteiger partial charge in [0, 0.05) is 10.5 Å². The number of hydrogen-bond donors (Lipinski definition) is 1. The monoisotopic (exact) mass is 369 g/mol. The molecule has 0 saturated carbocycles. The molecule has 2 rings (SSSR count). The van der Waals surface area contributed by atoms with Crippen LogP contribution >= 0.6 is 27.5 Å². The van der Waals surface area contributed by atoms with E-state index in [1.165, 1.54) is 5.56 Å². The van der Waals surface area contributed by atoms with Gasteiger partial charge in [-0.2, -0.15) is 0 Å². The van der Waals surface area contributed by atoms with Crippen molar-refractivity contribution in [2.24, 2.45) is 0 Å². The molecule has 1 atom stereocenters. The summed E-state index contributed by atoms with van der Waals surface area (Å²) < 4.78 is 15.1. The van der Waals surface area contributed by atoms with E-state index in [1.54, 1.807) is 18.2 Å². The molecule has 0 fully saturated rings. The summed E-state index contributed by atoms with van der Waals surface area (Å²) in [5.41, 5.74) is 1.88. The van der Waals surface area contributed by atoms with Crippen LogP contribution in [-0.2, 0) is 12.8 Å². The van der Waals surface area contributed by atoms with Crippen LogP contribution in [0.1, 0.15) is 18.1 Å². The summed E-state index contributed by atoms with van der Waals surface area (Å²) in [5.74, 6) is -0.309. The van der Waals surface area contributed by atoms with Gasteiger partial charge in [-0.3, -0.25) is 0 Å². The summed E-state index contributed by atoms with van der Waals surface area (Å²) >= 11 is 9.33. The van der Waals surface area contributed by atoms with Crippen LogP contribution < -0.4 is 5.32 Å². The molecule has 0 aliphatic rings. The predicted molar refractivity (Wildman–Crippen MR) is 90.4 cm³/mol. The molecule has 0 spiro atoms. The van der Waals surface area contributed by atoms with Gasteiger partial charge in [0.2, 0.25) is 0 Å². The van der Waals surface area contributed by atoms with Crippen molar-refractivity contribution < 1.29 is 4.39 Å². The highest BCUT2D eigenvalue weighted by Gasteiger charge is 2.14. The van der Waals surface area contributed by atoms with Gasteiger partial charge in [-0.25, -0.2) is 4.39 Å². The first-order valence-electron chi connectivity index (χ1n) is 7.01. The lowest BCUT2D eigenvalue weighted by molar-refractivity contribution is 0.506. The van der Waals surface area contributed by atoms with Crippen LogP contribution in [-0.4, -0.2) is 12.6 Å². The molecular weight excluding hydrogens is 353 g/mol. The first-order chi connectivity index (χ1) is 10.1. The van der Waals surface area contributed by atoms with E-state index < -0.39 is 0 Å². The standard InChI is InChI=1S/C17H18BrClFN/c1-2-21-15(10-12-5-3-7-14(18)9-12)11-13-6-4-8-16(19)17(13)20/h3-9,15,21H,2,10-11H2,1H3. The largest absolute Gasteiger partial charge is 0.314 e. The Labute approximate surface area is 138 Å². The fourth-order valence-electron chi connectivity index (χ4n) is 2.43. The summed E-state index contributed by atoms with van der Waals surface area (Å²) in [6, 6.07) is 13.6. The van der Waals surface area contributed by atoms with E-state index in [2.05, 4.69) is 40.3 Å². The van der Waals surface area contributed by atoms with Gasteiger partial charge < -0.3 is 5.32 Å². The Balaban J connectivity index is 2.13. The Kier molecular flexibility index (Phi) is 6.22. The van der Waals surface area contributed by atoms with E-state index >= 15 is 0 Å². The minimum Gasteiger partial charge on any atom is -0.314 e. The van der Waals surface area contributed by atoms with Gasteiger partial charge in [-0.1, -0.05) is 58.7 Å². The summed E-state index contributed by atoms with van der Waals surface area (Å²) in [6.07, 6.45) is 1.46. The molecule has 0 aromatic heterocycles. The highest BCUT2D eigenvalue weighted by Crippen LogP contribution is 2.20. The molecule has 0 aliphatic heterocycles. The zero-order valence-corrected chi connectivity index (χ0v) is 14.2. The molecule has 1 nitrogen and oxygen atoms in total. The second-order valence-corrected chi connectivity index (χ2v) is 6.33. The number of halogens is 3. The highest BCUT2D eigenvalue weighted by atomic mass is 79.9. The third-order valence-corrected chi connectivity index (χ3v) is 4.15. The van der Waals surface area contributed by atoms with Gasteiger partial charge in [0.15, 0.2) is 0 Å². The van der Waals surface area contributed by atoms with Crippen molar-refractivity contribution in [3.63, 3.8) is 0 Å². The lowest BCUT2D eigenvalue weighted by Gasteiger charge is -2.19. The maximum atomic E-state index is 14.0. The van der Waals surface area contributed by atoms with Crippen molar-refractivity contribution in [2.75, 3.05) is 6.54 Å². The summed E-state index contributed by atoms with van der Waals surface area (Å²) in [4.78, 5) is 0. The maximum absolute atomic E-state index is 14.0. The van der Waals surface area contributed by atoms with E-state index in [9.17, 15) is 4.39 Å². The van der Waals surface area contributed by atoms with Gasteiger partial charge in [0.05, 0.1) is 5.02 Å². The zero-order valence-electron chi connectivity index (χ0n) is 11.9. The quantitative estimate of drug-likeness (QED) is 0.754. The van der Waals surface area contributed by atoms with E-state index in [-0.39, 0.29) is 16.9 Å². The SMILES string of the molecule is CCNC(Cc1cccc(Br)c1)Cc1cccc(Cl)c1F. The van der Waals surface area contributed by atoms with Crippen molar-refractivity contribution >= 4 is 27.5 Å². The second kappa shape index (κ2) is 7.92. The van der Waals surface area contributed by atoms with Gasteiger partial charge in [0.25, 0.3) is 0 Å². The third kappa shape index (κ3) is 4.80. The van der Waals surface area contributed by atoms with Gasteiger partial charge in [0.1, 0.15) is 5.82 Å². The lowest BCUT2D eigenvalue weighted by Crippen LogP contribution is -2.33. The number of likely N-dealkylation sites (N-methyl/N-ethyl adjacent to an activating group) is 1. The molecule has 1 unspecified atom stereocenters. The first kappa shape index (κ1) is 16.5. The predicted octanol–water partition coefficient (Wildman–Crippen LogP) is 5.00. The normalized spacial score (nSPS) is 12.4. The first-order valence-corrected chi connectivity index (χ1v) is 8.18. The lowest BCUT2D eigenvalue weighted by atomic mass is 9.98. The van der Waals surface area contributed by atoms with Crippen molar-refractivity contribution in [3.05, 3.63) is 68.9 Å². The molecule has 21 heavy (non-hydrogen) atoms. The van der Waals surface area contributed by atoms with Crippen LogP contribution in [0, 0.1) is 5.82 Å². The molecule has 2 aromatic carbocycles. The van der Waals surface area contributed by atoms with Crippen molar-refractivity contribution in [1.82, 2.24) is 5.32 Å². The fraction of sp³-hybridized carbons (Fsp3) is 0.294. The molecule has 0 saturated heterocycles. The molecule has 0 heterocycles. The number of nitrogens with one attached hydrogen (secondary N) is 1. The number of benzene rings is 2. The van der Waals surface area contributed by atoms with E-state index in [0.29, 0.717) is 12.0 Å². The maximum Gasteiger partial charge on any atom is 0.145 e. The fourth-order valence-corrected chi connectivity index (χ4v) is 3.07. The van der Waals surface area contributed by atoms with Crippen LogP contribution in [0.15, 0.2) is 46.9 Å². The minimum atomic E-state index is -0.309. The van der Waals surface area contributed by atoms with Crippen molar-refractivity contribution in [1.29, 1.82) is 0 Å². The molecular formula is C17H18BrClFN. The Morgan fingerprint density at radius 1 is 1.19 bits per heavy atom. The van der Waals surface area contributed by atoms with Crippen LogP contribution in [0.5, 0.6) is 0 Å². The molecule has 4 heteroatoms. The van der Waals surface area contributed by atoms with E-state index in [4.69, 9.17) is 11.6 Å². The Hall–Kier alpha value is -0.900. The van der Waals surface area contributed by atoms with Crippen LogP contribution in [0.4, 0.5) is 4.39 Å². The summed E-state index contributed by atoms with van der Waals surface area (Å²) in [6.45, 7) is 2.91. The molecule has 0 radical (unpaired) electrons. The second-order valence-electron chi connectivity index (χ2n) is 5.01. The molecule has 2 aromatic rings. The van der Waals surface area contributed by atoms with Gasteiger partial charge in [-0.15, -0.1) is 0 Å². The highest BCUT2D eigenvalue weighted by molar-refractivity contribution is 9.10.